The molecule has 0 radical (unpaired) electrons. The molecule has 1 aromatic rings. The molecule has 17 heavy (non-hydrogen) atoms. The molecule has 90 valence electrons. The fourth-order valence-electron chi connectivity index (χ4n) is 1.93. The van der Waals surface area contributed by atoms with Crippen molar-refractivity contribution in [2.75, 3.05) is 20.2 Å². The maximum Gasteiger partial charge on any atom is 0.230 e. The number of rotatable bonds is 4. The van der Waals surface area contributed by atoms with Gasteiger partial charge in [-0.05, 0) is 24.1 Å². The highest BCUT2D eigenvalue weighted by atomic mass is 16.5. The average Bonchev–Trinajstić information content (AvgIpc) is 2.65. The summed E-state index contributed by atoms with van der Waals surface area (Å²) in [6, 6.07) is 7.74. The van der Waals surface area contributed by atoms with E-state index in [0.717, 1.165) is 17.7 Å². The van der Waals surface area contributed by atoms with Crippen LogP contribution in [0.2, 0.25) is 0 Å². The van der Waals surface area contributed by atoms with Gasteiger partial charge in [-0.25, -0.2) is 0 Å². The highest BCUT2D eigenvalue weighted by Gasteiger charge is 2.26. The molecule has 0 aromatic heterocycles. The van der Waals surface area contributed by atoms with Crippen molar-refractivity contribution in [3.05, 3.63) is 29.8 Å². The van der Waals surface area contributed by atoms with Crippen LogP contribution < -0.4 is 4.74 Å². The first-order valence-electron chi connectivity index (χ1n) is 5.61. The number of likely N-dealkylation sites (tertiary alicyclic amines) is 1. The van der Waals surface area contributed by atoms with Crippen LogP contribution in [0.5, 0.6) is 5.75 Å². The number of hydrogen-bond donors (Lipinski definition) is 0. The predicted molar refractivity (Wildman–Crippen MR) is 62.9 cm³/mol. The summed E-state index contributed by atoms with van der Waals surface area (Å²) in [5.41, 5.74) is 1.11. The van der Waals surface area contributed by atoms with Crippen LogP contribution in [0.15, 0.2) is 24.3 Å². The van der Waals surface area contributed by atoms with Crippen molar-refractivity contribution < 1.29 is 14.3 Å². The molecule has 0 spiro atoms. The Morgan fingerprint density at radius 2 is 2.18 bits per heavy atom. The zero-order chi connectivity index (χ0) is 12.3. The number of methoxy groups -OCH3 is 1. The van der Waals surface area contributed by atoms with Gasteiger partial charge >= 0.3 is 0 Å². The van der Waals surface area contributed by atoms with Crippen molar-refractivity contribution in [1.29, 1.82) is 0 Å². The minimum absolute atomic E-state index is 0.0145. The summed E-state index contributed by atoms with van der Waals surface area (Å²) in [5.74, 6) is 0.768. The third-order valence-corrected chi connectivity index (χ3v) is 2.87. The molecule has 0 N–H and O–H groups in total. The van der Waals surface area contributed by atoms with E-state index in [0.29, 0.717) is 6.54 Å². The number of nitrogens with zero attached hydrogens (tertiary/aromatic N) is 1. The second kappa shape index (κ2) is 4.99. The third kappa shape index (κ3) is 2.84. The van der Waals surface area contributed by atoms with E-state index >= 15 is 0 Å². The minimum Gasteiger partial charge on any atom is -0.497 e. The van der Waals surface area contributed by atoms with Gasteiger partial charge in [0.25, 0.3) is 0 Å². The molecule has 0 unspecified atom stereocenters. The fourth-order valence-corrected chi connectivity index (χ4v) is 1.93. The van der Waals surface area contributed by atoms with Crippen LogP contribution in [0.1, 0.15) is 12.0 Å². The quantitative estimate of drug-likeness (QED) is 0.730. The summed E-state index contributed by atoms with van der Waals surface area (Å²) in [4.78, 5) is 24.1. The Morgan fingerprint density at radius 3 is 2.82 bits per heavy atom. The monoisotopic (exact) mass is 233 g/mol. The molecule has 4 heteroatoms. The van der Waals surface area contributed by atoms with E-state index in [4.69, 9.17) is 4.74 Å². The van der Waals surface area contributed by atoms with Crippen LogP contribution in [0, 0.1) is 0 Å². The molecule has 1 aliphatic heterocycles. The van der Waals surface area contributed by atoms with E-state index < -0.39 is 0 Å². The van der Waals surface area contributed by atoms with Crippen molar-refractivity contribution in [1.82, 2.24) is 4.90 Å². The maximum atomic E-state index is 11.4. The number of hydrogen-bond acceptors (Lipinski definition) is 3. The Morgan fingerprint density at radius 1 is 1.35 bits per heavy atom. The lowest BCUT2D eigenvalue weighted by Crippen LogP contribution is -2.27. The first-order valence-corrected chi connectivity index (χ1v) is 5.61. The van der Waals surface area contributed by atoms with Gasteiger partial charge in [-0.2, -0.15) is 0 Å². The lowest BCUT2D eigenvalue weighted by atomic mass is 10.1. The van der Waals surface area contributed by atoms with Crippen LogP contribution in [-0.4, -0.2) is 36.8 Å². The highest BCUT2D eigenvalue weighted by Crippen LogP contribution is 2.14. The van der Waals surface area contributed by atoms with E-state index in [1.807, 2.05) is 24.3 Å². The number of Topliss-reactive ketones (excluding diaryl/α,β-unsaturated/α-hetero) is 1. The lowest BCUT2D eigenvalue weighted by molar-refractivity contribution is -0.127. The molecule has 1 amide bonds. The lowest BCUT2D eigenvalue weighted by Gasteiger charge is -2.14. The molecule has 1 aromatic carbocycles. The molecule has 0 saturated carbocycles. The fraction of sp³-hybridized carbons (Fsp3) is 0.385. The maximum absolute atomic E-state index is 11.4. The normalized spacial score (nSPS) is 15.5. The van der Waals surface area contributed by atoms with Gasteiger partial charge in [-0.3, -0.25) is 9.59 Å². The minimum atomic E-state index is -0.0575. The first kappa shape index (κ1) is 11.6. The second-order valence-electron chi connectivity index (χ2n) is 4.13. The summed E-state index contributed by atoms with van der Waals surface area (Å²) in [7, 11) is 1.63. The number of ether oxygens (including phenoxy) is 1. The number of benzene rings is 1. The van der Waals surface area contributed by atoms with Gasteiger partial charge in [-0.15, -0.1) is 0 Å². The molecule has 1 fully saturated rings. The predicted octanol–water partition coefficient (Wildman–Crippen LogP) is 1.04. The van der Waals surface area contributed by atoms with Crippen molar-refractivity contribution >= 4 is 11.7 Å². The van der Waals surface area contributed by atoms with Gasteiger partial charge in [0.15, 0.2) is 5.78 Å². The van der Waals surface area contributed by atoms with E-state index in [9.17, 15) is 9.59 Å². The molecule has 2 rings (SSSR count). The first-order chi connectivity index (χ1) is 8.19. The molecule has 1 aliphatic rings. The van der Waals surface area contributed by atoms with E-state index in [2.05, 4.69) is 0 Å². The number of amides is 1. The zero-order valence-electron chi connectivity index (χ0n) is 9.81. The van der Waals surface area contributed by atoms with Gasteiger partial charge in [0, 0.05) is 6.54 Å². The molecule has 0 atom stereocenters. The van der Waals surface area contributed by atoms with Crippen LogP contribution in [0.25, 0.3) is 0 Å². The van der Waals surface area contributed by atoms with Crippen molar-refractivity contribution in [2.24, 2.45) is 0 Å². The van der Waals surface area contributed by atoms with Crippen LogP contribution >= 0.6 is 0 Å². The summed E-state index contributed by atoms with van der Waals surface area (Å²) >= 11 is 0. The zero-order valence-corrected chi connectivity index (χ0v) is 9.81. The van der Waals surface area contributed by atoms with Gasteiger partial charge in [0.05, 0.1) is 20.1 Å². The van der Waals surface area contributed by atoms with Gasteiger partial charge < -0.3 is 9.64 Å². The molecule has 1 saturated heterocycles. The van der Waals surface area contributed by atoms with E-state index in [-0.39, 0.29) is 24.7 Å². The Labute approximate surface area is 100 Å². The Kier molecular flexibility index (Phi) is 3.42. The van der Waals surface area contributed by atoms with Gasteiger partial charge in [-0.1, -0.05) is 12.1 Å². The highest BCUT2D eigenvalue weighted by molar-refractivity contribution is 6.05. The van der Waals surface area contributed by atoms with Gasteiger partial charge in [0.2, 0.25) is 5.91 Å². The van der Waals surface area contributed by atoms with Crippen molar-refractivity contribution in [2.45, 2.75) is 12.8 Å². The Bertz CT molecular complexity index is 442. The largest absolute Gasteiger partial charge is 0.497 e. The van der Waals surface area contributed by atoms with Crippen molar-refractivity contribution in [3.63, 3.8) is 0 Å². The van der Waals surface area contributed by atoms with Crippen molar-refractivity contribution in [3.8, 4) is 5.75 Å². The van der Waals surface area contributed by atoms with Crippen LogP contribution in [0.4, 0.5) is 0 Å². The molecule has 1 heterocycles. The summed E-state index contributed by atoms with van der Waals surface area (Å²) in [5, 5.41) is 0. The Balaban J connectivity index is 1.93. The number of carbonyl (C=O) groups is 2. The van der Waals surface area contributed by atoms with Gasteiger partial charge in [0.1, 0.15) is 5.75 Å². The van der Waals surface area contributed by atoms with E-state index in [1.165, 1.54) is 0 Å². The van der Waals surface area contributed by atoms with Crippen LogP contribution in [-0.2, 0) is 16.0 Å². The molecule has 4 nitrogen and oxygen atoms in total. The summed E-state index contributed by atoms with van der Waals surface area (Å²) in [6.07, 6.45) is 0.814. The van der Waals surface area contributed by atoms with E-state index in [1.54, 1.807) is 12.0 Å². The second-order valence-corrected chi connectivity index (χ2v) is 4.13. The number of carbonyl (C=O) groups excluding carboxylic acids is 2. The number of ketones is 1. The molecule has 0 aliphatic carbocycles. The third-order valence-electron chi connectivity index (χ3n) is 2.87. The molecular weight excluding hydrogens is 218 g/mol. The average molecular weight is 233 g/mol. The summed E-state index contributed by atoms with van der Waals surface area (Å²) in [6.45, 7) is 0.862. The standard InChI is InChI=1S/C13H15NO3/c1-17-12-4-2-3-10(7-12)5-6-14-9-11(15)8-13(14)16/h2-4,7H,5-6,8-9H2,1H3. The molecule has 0 bridgehead atoms. The SMILES string of the molecule is COc1cccc(CCN2CC(=O)CC2=O)c1. The Hall–Kier alpha value is -1.84. The smallest absolute Gasteiger partial charge is 0.230 e. The topological polar surface area (TPSA) is 46.6 Å². The summed E-state index contributed by atoms with van der Waals surface area (Å²) < 4.78 is 5.13. The van der Waals surface area contributed by atoms with Crippen LogP contribution in [0.3, 0.4) is 0 Å². The molecular formula is C13H15NO3.